The first-order chi connectivity index (χ1) is 9.87. The van der Waals surface area contributed by atoms with Crippen LogP contribution in [-0.4, -0.2) is 30.0 Å². The lowest BCUT2D eigenvalue weighted by Gasteiger charge is -2.29. The van der Waals surface area contributed by atoms with E-state index in [-0.39, 0.29) is 17.4 Å². The highest BCUT2D eigenvalue weighted by atomic mass is 16.6. The molecule has 21 heavy (non-hydrogen) atoms. The van der Waals surface area contributed by atoms with Crippen LogP contribution >= 0.6 is 0 Å². The quantitative estimate of drug-likeness (QED) is 0.612. The normalized spacial score (nSPS) is 10.5. The lowest BCUT2D eigenvalue weighted by atomic mass is 10.1. The van der Waals surface area contributed by atoms with Crippen molar-refractivity contribution in [3.8, 4) is 0 Å². The Morgan fingerprint density at radius 2 is 1.76 bits per heavy atom. The molecule has 0 spiro atoms. The maximum absolute atomic E-state index is 11.3. The number of anilines is 2. The number of nitrogens with one attached hydrogen (secondary N) is 1. The fourth-order valence-electron chi connectivity index (χ4n) is 2.43. The van der Waals surface area contributed by atoms with Crippen molar-refractivity contribution in [3.05, 3.63) is 32.4 Å². The zero-order chi connectivity index (χ0) is 16.2. The van der Waals surface area contributed by atoms with Gasteiger partial charge in [-0.3, -0.25) is 20.2 Å². The Bertz CT molecular complexity index is 543. The maximum Gasteiger partial charge on any atom is 0.301 e. The van der Waals surface area contributed by atoms with Crippen LogP contribution in [0.1, 0.15) is 26.7 Å². The van der Waals surface area contributed by atoms with E-state index in [4.69, 9.17) is 0 Å². The maximum atomic E-state index is 11.3. The molecule has 8 heteroatoms. The molecule has 1 N–H and O–H groups in total. The lowest BCUT2D eigenvalue weighted by Crippen LogP contribution is -2.31. The molecule has 0 atom stereocenters. The number of nitro groups is 2. The van der Waals surface area contributed by atoms with Gasteiger partial charge in [0.15, 0.2) is 0 Å². The number of nitro benzene ring substituents is 2. The predicted molar refractivity (Wildman–Crippen MR) is 82.1 cm³/mol. The predicted octanol–water partition coefficient (Wildman–Crippen LogP) is 3.17. The van der Waals surface area contributed by atoms with E-state index in [0.29, 0.717) is 11.4 Å². The minimum Gasteiger partial charge on any atom is -0.386 e. The average molecular weight is 296 g/mol. The van der Waals surface area contributed by atoms with Crippen molar-refractivity contribution in [2.24, 2.45) is 0 Å². The van der Waals surface area contributed by atoms with Crippen LogP contribution in [0.5, 0.6) is 0 Å². The molecule has 116 valence electrons. The van der Waals surface area contributed by atoms with Crippen molar-refractivity contribution >= 4 is 22.7 Å². The standard InChI is InChI=1S/C13H20N4O4/c1-5-9(6-2)15(4)13-11(14-3)7-10(16(18)19)8-12(13)17(20)21/h7-9,14H,5-6H2,1-4H3. The number of benzene rings is 1. The second kappa shape index (κ2) is 6.87. The molecule has 1 aromatic rings. The summed E-state index contributed by atoms with van der Waals surface area (Å²) in [5.41, 5.74) is 0.197. The molecular formula is C13H20N4O4. The molecule has 0 fully saturated rings. The highest BCUT2D eigenvalue weighted by molar-refractivity contribution is 5.82. The second-order valence-electron chi connectivity index (χ2n) is 4.71. The third-order valence-electron chi connectivity index (χ3n) is 3.59. The smallest absolute Gasteiger partial charge is 0.301 e. The topological polar surface area (TPSA) is 102 Å². The van der Waals surface area contributed by atoms with Gasteiger partial charge < -0.3 is 10.2 Å². The first-order valence-corrected chi connectivity index (χ1v) is 6.74. The van der Waals surface area contributed by atoms with Crippen LogP contribution < -0.4 is 10.2 Å². The van der Waals surface area contributed by atoms with Crippen LogP contribution in [0.4, 0.5) is 22.7 Å². The summed E-state index contributed by atoms with van der Waals surface area (Å²) in [6.07, 6.45) is 1.65. The summed E-state index contributed by atoms with van der Waals surface area (Å²) in [4.78, 5) is 22.8. The van der Waals surface area contributed by atoms with Gasteiger partial charge in [0.25, 0.3) is 5.69 Å². The van der Waals surface area contributed by atoms with Crippen molar-refractivity contribution in [1.29, 1.82) is 0 Å². The first-order valence-electron chi connectivity index (χ1n) is 6.74. The monoisotopic (exact) mass is 296 g/mol. The van der Waals surface area contributed by atoms with Crippen molar-refractivity contribution < 1.29 is 9.85 Å². The Balaban J connectivity index is 3.54. The molecule has 0 amide bonds. The van der Waals surface area contributed by atoms with Gasteiger partial charge in [-0.1, -0.05) is 13.8 Å². The summed E-state index contributed by atoms with van der Waals surface area (Å²) < 4.78 is 0. The van der Waals surface area contributed by atoms with E-state index in [0.717, 1.165) is 18.9 Å². The third-order valence-corrected chi connectivity index (χ3v) is 3.59. The molecule has 0 bridgehead atoms. The molecule has 1 rings (SSSR count). The van der Waals surface area contributed by atoms with E-state index in [2.05, 4.69) is 5.32 Å². The van der Waals surface area contributed by atoms with E-state index in [1.807, 2.05) is 18.7 Å². The van der Waals surface area contributed by atoms with Crippen molar-refractivity contribution in [2.45, 2.75) is 32.7 Å². The number of non-ortho nitro benzene ring substituents is 1. The van der Waals surface area contributed by atoms with Gasteiger partial charge in [0.05, 0.1) is 21.6 Å². The number of hydrogen-bond acceptors (Lipinski definition) is 6. The summed E-state index contributed by atoms with van der Waals surface area (Å²) >= 11 is 0. The van der Waals surface area contributed by atoms with Crippen LogP contribution in [0.3, 0.4) is 0 Å². The van der Waals surface area contributed by atoms with Crippen molar-refractivity contribution in [3.63, 3.8) is 0 Å². The Kier molecular flexibility index (Phi) is 5.45. The summed E-state index contributed by atoms with van der Waals surface area (Å²) in [6, 6.07) is 2.45. The molecule has 8 nitrogen and oxygen atoms in total. The molecule has 0 saturated heterocycles. The van der Waals surface area contributed by atoms with Gasteiger partial charge in [0.1, 0.15) is 5.69 Å². The van der Waals surface area contributed by atoms with E-state index in [9.17, 15) is 20.2 Å². The average Bonchev–Trinajstić information content (AvgIpc) is 2.46. The van der Waals surface area contributed by atoms with Crippen molar-refractivity contribution in [2.75, 3.05) is 24.3 Å². The highest BCUT2D eigenvalue weighted by Crippen LogP contribution is 2.40. The van der Waals surface area contributed by atoms with Gasteiger partial charge in [-0.15, -0.1) is 0 Å². The Labute approximate surface area is 123 Å². The molecule has 1 aromatic carbocycles. The third kappa shape index (κ3) is 3.39. The molecule has 0 heterocycles. The number of hydrogen-bond donors (Lipinski definition) is 1. The van der Waals surface area contributed by atoms with Crippen LogP contribution in [-0.2, 0) is 0 Å². The van der Waals surface area contributed by atoms with Crippen LogP contribution in [0, 0.1) is 20.2 Å². The van der Waals surface area contributed by atoms with Gasteiger partial charge in [-0.25, -0.2) is 0 Å². The minimum atomic E-state index is -0.630. The first kappa shape index (κ1) is 16.7. The molecule has 0 unspecified atom stereocenters. The van der Waals surface area contributed by atoms with Gasteiger partial charge >= 0.3 is 5.69 Å². The summed E-state index contributed by atoms with van der Waals surface area (Å²) in [7, 11) is 3.36. The van der Waals surface area contributed by atoms with Crippen LogP contribution in [0.2, 0.25) is 0 Å². The fourth-order valence-corrected chi connectivity index (χ4v) is 2.43. The zero-order valence-corrected chi connectivity index (χ0v) is 12.6. The van der Waals surface area contributed by atoms with Crippen molar-refractivity contribution in [1.82, 2.24) is 0 Å². The molecule has 0 saturated carbocycles. The summed E-state index contributed by atoms with van der Waals surface area (Å²) in [5, 5.41) is 25.0. The van der Waals surface area contributed by atoms with Crippen LogP contribution in [0.25, 0.3) is 0 Å². The molecule has 0 aliphatic heterocycles. The number of rotatable bonds is 7. The highest BCUT2D eigenvalue weighted by Gasteiger charge is 2.28. The molecule has 0 aliphatic rings. The summed E-state index contributed by atoms with van der Waals surface area (Å²) in [6.45, 7) is 4.00. The summed E-state index contributed by atoms with van der Waals surface area (Å²) in [5.74, 6) is 0. The molecular weight excluding hydrogens is 276 g/mol. The SMILES string of the molecule is CCC(CC)N(C)c1c(NC)cc([N+](=O)[O-])cc1[N+](=O)[O-]. The fraction of sp³-hybridized carbons (Fsp3) is 0.538. The zero-order valence-electron chi connectivity index (χ0n) is 12.6. The van der Waals surface area contributed by atoms with E-state index < -0.39 is 9.85 Å². The van der Waals surface area contributed by atoms with E-state index in [1.165, 1.54) is 6.07 Å². The second-order valence-corrected chi connectivity index (χ2v) is 4.71. The molecule has 0 aromatic heterocycles. The Hall–Kier alpha value is -2.38. The van der Waals surface area contributed by atoms with Gasteiger partial charge in [-0.05, 0) is 12.8 Å². The van der Waals surface area contributed by atoms with E-state index in [1.54, 1.807) is 14.1 Å². The lowest BCUT2D eigenvalue weighted by molar-refractivity contribution is -0.393. The molecule has 0 aliphatic carbocycles. The minimum absolute atomic E-state index is 0.122. The van der Waals surface area contributed by atoms with Gasteiger partial charge in [0.2, 0.25) is 0 Å². The Morgan fingerprint density at radius 3 is 2.14 bits per heavy atom. The Morgan fingerprint density at radius 1 is 1.19 bits per heavy atom. The number of nitrogens with zero attached hydrogens (tertiary/aromatic N) is 3. The van der Waals surface area contributed by atoms with Gasteiger partial charge in [-0.2, -0.15) is 0 Å². The van der Waals surface area contributed by atoms with E-state index >= 15 is 0 Å². The van der Waals surface area contributed by atoms with Gasteiger partial charge in [0, 0.05) is 26.2 Å². The van der Waals surface area contributed by atoms with Crippen LogP contribution in [0.15, 0.2) is 12.1 Å². The molecule has 0 radical (unpaired) electrons. The largest absolute Gasteiger partial charge is 0.386 e.